The molecule has 1 amide bonds. The number of Topliss-reactive ketones (excluding diaryl/α,β-unsaturated/α-hetero) is 1. The van der Waals surface area contributed by atoms with Gasteiger partial charge in [0.25, 0.3) is 5.91 Å². The fourth-order valence-corrected chi connectivity index (χ4v) is 3.99. The van der Waals surface area contributed by atoms with E-state index in [1.807, 2.05) is 0 Å². The highest BCUT2D eigenvalue weighted by atomic mass is 35.5. The van der Waals surface area contributed by atoms with Crippen LogP contribution < -0.4 is 10.7 Å². The average Bonchev–Trinajstić information content (AvgIpc) is 2.74. The highest BCUT2D eigenvalue weighted by molar-refractivity contribution is 6.30. The third-order valence-corrected chi connectivity index (χ3v) is 5.47. The molecule has 7 nitrogen and oxygen atoms in total. The van der Waals surface area contributed by atoms with Crippen LogP contribution >= 0.6 is 11.6 Å². The number of aliphatic hydroxyl groups excluding tert-OH is 1. The molecule has 0 spiro atoms. The van der Waals surface area contributed by atoms with Crippen molar-refractivity contribution in [1.82, 2.24) is 14.8 Å². The highest BCUT2D eigenvalue weighted by Gasteiger charge is 2.20. The van der Waals surface area contributed by atoms with Crippen molar-refractivity contribution in [2.45, 2.75) is 39.6 Å². The Bertz CT molecular complexity index is 1270. The maximum absolute atomic E-state index is 15.1. The summed E-state index contributed by atoms with van der Waals surface area (Å²) in [5, 5.41) is 12.9. The van der Waals surface area contributed by atoms with Crippen molar-refractivity contribution in [2.24, 2.45) is 0 Å². The topological polar surface area (TPSA) is 91.6 Å². The summed E-state index contributed by atoms with van der Waals surface area (Å²) in [5.41, 5.74) is 0.464. The van der Waals surface area contributed by atoms with Crippen LogP contribution in [0, 0.1) is 5.82 Å². The fraction of sp³-hybridized carbons (Fsp3) is 0.320. The molecule has 1 aromatic heterocycles. The van der Waals surface area contributed by atoms with E-state index in [0.717, 1.165) is 5.56 Å². The van der Waals surface area contributed by atoms with E-state index in [0.29, 0.717) is 17.1 Å². The largest absolute Gasteiger partial charge is 0.392 e. The van der Waals surface area contributed by atoms with Crippen molar-refractivity contribution in [3.8, 4) is 0 Å². The number of ketones is 1. The molecule has 0 saturated carbocycles. The van der Waals surface area contributed by atoms with Crippen LogP contribution in [0.15, 0.2) is 47.4 Å². The lowest BCUT2D eigenvalue weighted by molar-refractivity contribution is -0.117. The molecular weight excluding hydrogens is 461 g/mol. The van der Waals surface area contributed by atoms with Crippen LogP contribution in [-0.2, 0) is 24.4 Å². The minimum atomic E-state index is -0.663. The molecule has 2 aromatic carbocycles. The van der Waals surface area contributed by atoms with Crippen LogP contribution in [0.1, 0.15) is 35.3 Å². The van der Waals surface area contributed by atoms with Gasteiger partial charge in [-0.3, -0.25) is 19.3 Å². The smallest absolute Gasteiger partial charge is 0.257 e. The first-order valence-electron chi connectivity index (χ1n) is 10.8. The molecule has 2 N–H and O–H groups in total. The second kappa shape index (κ2) is 10.9. The maximum Gasteiger partial charge on any atom is 0.257 e. The number of rotatable bonds is 9. The van der Waals surface area contributed by atoms with Crippen molar-refractivity contribution in [3.63, 3.8) is 0 Å². The summed E-state index contributed by atoms with van der Waals surface area (Å²) in [6, 6.07) is 9.73. The number of nitrogens with zero attached hydrogens (tertiary/aromatic N) is 2. The summed E-state index contributed by atoms with van der Waals surface area (Å²) in [4.78, 5) is 39.7. The Morgan fingerprint density at radius 3 is 2.50 bits per heavy atom. The predicted molar refractivity (Wildman–Crippen MR) is 129 cm³/mol. The number of hydrogen-bond donors (Lipinski definition) is 2. The van der Waals surface area contributed by atoms with Gasteiger partial charge in [-0.25, -0.2) is 4.39 Å². The van der Waals surface area contributed by atoms with Gasteiger partial charge in [-0.15, -0.1) is 0 Å². The summed E-state index contributed by atoms with van der Waals surface area (Å²) in [6.07, 6.45) is 0.657. The van der Waals surface area contributed by atoms with Crippen LogP contribution in [0.2, 0.25) is 5.02 Å². The van der Waals surface area contributed by atoms with Crippen molar-refractivity contribution in [3.05, 3.63) is 80.3 Å². The van der Waals surface area contributed by atoms with Gasteiger partial charge in [0.2, 0.25) is 5.43 Å². The van der Waals surface area contributed by atoms with E-state index in [4.69, 9.17) is 11.6 Å². The lowest BCUT2D eigenvalue weighted by Gasteiger charge is -2.19. The standard InChI is InChI=1S/C25H27ClFN3O4/c1-15(31)11-29(3)13-18-8-20-23(22(27)9-18)30(12-16(2)32)14-21(24(20)33)25(34)28-10-17-4-6-19(26)7-5-17/h4-9,14-15,31H,10-13H2,1-3H3,(H,28,34). The van der Waals surface area contributed by atoms with Gasteiger partial charge >= 0.3 is 0 Å². The normalized spacial score (nSPS) is 12.2. The van der Waals surface area contributed by atoms with Crippen LogP contribution in [0.5, 0.6) is 0 Å². The molecule has 3 rings (SSSR count). The lowest BCUT2D eigenvalue weighted by Crippen LogP contribution is -2.30. The third kappa shape index (κ3) is 6.28. The Labute approximate surface area is 201 Å². The molecule has 1 unspecified atom stereocenters. The van der Waals surface area contributed by atoms with Gasteiger partial charge in [-0.2, -0.15) is 0 Å². The SMILES string of the molecule is CC(=O)Cn1cc(C(=O)NCc2ccc(Cl)cc2)c(=O)c2cc(CN(C)CC(C)O)cc(F)c21. The minimum absolute atomic E-state index is 0.0147. The Morgan fingerprint density at radius 1 is 1.21 bits per heavy atom. The number of benzene rings is 2. The molecule has 3 aromatic rings. The summed E-state index contributed by atoms with van der Waals surface area (Å²) in [6.45, 7) is 3.62. The molecule has 0 aliphatic heterocycles. The van der Waals surface area contributed by atoms with Gasteiger partial charge in [0.1, 0.15) is 17.2 Å². The average molecular weight is 488 g/mol. The summed E-state index contributed by atoms with van der Waals surface area (Å²) in [7, 11) is 1.77. The molecule has 180 valence electrons. The first kappa shape index (κ1) is 25.6. The molecular formula is C25H27ClFN3O4. The molecule has 34 heavy (non-hydrogen) atoms. The van der Waals surface area contributed by atoms with Gasteiger partial charge in [0.05, 0.1) is 18.2 Å². The van der Waals surface area contributed by atoms with Crippen LogP contribution in [0.4, 0.5) is 4.39 Å². The first-order chi connectivity index (χ1) is 16.0. The number of likely N-dealkylation sites (N-methyl/N-ethyl adjacent to an activating group) is 1. The van der Waals surface area contributed by atoms with E-state index in [-0.39, 0.29) is 41.9 Å². The Kier molecular flexibility index (Phi) is 8.19. The zero-order chi connectivity index (χ0) is 25.0. The van der Waals surface area contributed by atoms with Gasteiger partial charge in [-0.1, -0.05) is 23.7 Å². The number of aliphatic hydroxyl groups is 1. The van der Waals surface area contributed by atoms with E-state index in [9.17, 15) is 19.5 Å². The summed E-state index contributed by atoms with van der Waals surface area (Å²) in [5.74, 6) is -1.54. The fourth-order valence-electron chi connectivity index (χ4n) is 3.87. The van der Waals surface area contributed by atoms with Gasteiger partial charge in [0.15, 0.2) is 0 Å². The molecule has 0 fully saturated rings. The van der Waals surface area contributed by atoms with E-state index in [2.05, 4.69) is 5.32 Å². The van der Waals surface area contributed by atoms with E-state index < -0.39 is 23.3 Å². The van der Waals surface area contributed by atoms with E-state index in [1.165, 1.54) is 29.8 Å². The zero-order valence-electron chi connectivity index (χ0n) is 19.3. The Hall–Kier alpha value is -3.07. The second-order valence-electron chi connectivity index (χ2n) is 8.53. The molecule has 9 heteroatoms. The van der Waals surface area contributed by atoms with Crippen LogP contribution in [-0.4, -0.2) is 46.0 Å². The quantitative estimate of drug-likeness (QED) is 0.484. The number of halogens is 2. The number of amides is 1. The molecule has 0 bridgehead atoms. The summed E-state index contributed by atoms with van der Waals surface area (Å²) < 4.78 is 16.4. The van der Waals surface area contributed by atoms with Gasteiger partial charge in [0, 0.05) is 36.2 Å². The first-order valence-corrected chi connectivity index (χ1v) is 11.2. The van der Waals surface area contributed by atoms with E-state index >= 15 is 4.39 Å². The third-order valence-electron chi connectivity index (χ3n) is 5.22. The van der Waals surface area contributed by atoms with Crippen molar-refractivity contribution < 1.29 is 19.1 Å². The van der Waals surface area contributed by atoms with Crippen LogP contribution in [0.3, 0.4) is 0 Å². The Balaban J connectivity index is 2.02. The Morgan fingerprint density at radius 2 is 1.88 bits per heavy atom. The van der Waals surface area contributed by atoms with Gasteiger partial charge in [-0.05, 0) is 56.3 Å². The number of carbonyl (C=O) groups is 2. The highest BCUT2D eigenvalue weighted by Crippen LogP contribution is 2.20. The lowest BCUT2D eigenvalue weighted by atomic mass is 10.1. The monoisotopic (exact) mass is 487 g/mol. The van der Waals surface area contributed by atoms with E-state index in [1.54, 1.807) is 43.1 Å². The molecule has 0 aliphatic rings. The molecule has 0 radical (unpaired) electrons. The van der Waals surface area contributed by atoms with Crippen LogP contribution in [0.25, 0.3) is 10.9 Å². The van der Waals surface area contributed by atoms with Crippen molar-refractivity contribution in [2.75, 3.05) is 13.6 Å². The molecule has 1 heterocycles. The number of fused-ring (bicyclic) bond motifs is 1. The van der Waals surface area contributed by atoms with Gasteiger partial charge < -0.3 is 15.0 Å². The number of pyridine rings is 1. The second-order valence-corrected chi connectivity index (χ2v) is 8.97. The number of nitrogens with one attached hydrogen (secondary N) is 1. The van der Waals surface area contributed by atoms with Crippen molar-refractivity contribution in [1.29, 1.82) is 0 Å². The summed E-state index contributed by atoms with van der Waals surface area (Å²) >= 11 is 5.88. The number of carbonyl (C=O) groups excluding carboxylic acids is 2. The minimum Gasteiger partial charge on any atom is -0.392 e. The van der Waals surface area contributed by atoms with Crippen molar-refractivity contribution >= 4 is 34.2 Å². The maximum atomic E-state index is 15.1. The number of hydrogen-bond acceptors (Lipinski definition) is 5. The zero-order valence-corrected chi connectivity index (χ0v) is 20.0. The molecule has 0 aliphatic carbocycles. The molecule has 1 atom stereocenters. The molecule has 0 saturated heterocycles. The predicted octanol–water partition coefficient (Wildman–Crippen LogP) is 3.13. The number of aromatic nitrogens is 1.